The zero-order chi connectivity index (χ0) is 26.5. The topological polar surface area (TPSA) is 117 Å². The van der Waals surface area contributed by atoms with Crippen LogP contribution in [0.5, 0.6) is 0 Å². The van der Waals surface area contributed by atoms with E-state index < -0.39 is 18.0 Å². The number of amides is 2. The molecule has 9 nitrogen and oxygen atoms in total. The van der Waals surface area contributed by atoms with Crippen LogP contribution in [0.25, 0.3) is 10.8 Å². The van der Waals surface area contributed by atoms with E-state index in [4.69, 9.17) is 4.74 Å². The SMILES string of the molecule is COC(=O)CCC(=O)N(O)CCCCNCc1cccc(COC(=O)Nc2cccc3ccccc23)c1. The van der Waals surface area contributed by atoms with Crippen LogP contribution < -0.4 is 10.6 Å². The normalized spacial score (nSPS) is 10.6. The number of benzene rings is 3. The number of hydroxylamine groups is 2. The molecule has 2 amide bonds. The van der Waals surface area contributed by atoms with Crippen molar-refractivity contribution in [1.29, 1.82) is 0 Å². The number of anilines is 1. The lowest BCUT2D eigenvalue weighted by atomic mass is 10.1. The molecular formula is C28H33N3O6. The van der Waals surface area contributed by atoms with Crippen molar-refractivity contribution in [2.45, 2.75) is 38.8 Å². The monoisotopic (exact) mass is 507 g/mol. The molecule has 9 heteroatoms. The van der Waals surface area contributed by atoms with Gasteiger partial charge in [-0.1, -0.05) is 60.7 Å². The van der Waals surface area contributed by atoms with Gasteiger partial charge in [-0.3, -0.25) is 20.1 Å². The molecule has 37 heavy (non-hydrogen) atoms. The van der Waals surface area contributed by atoms with Crippen LogP contribution in [-0.2, 0) is 32.2 Å². The van der Waals surface area contributed by atoms with Crippen molar-refractivity contribution in [3.63, 3.8) is 0 Å². The number of esters is 1. The van der Waals surface area contributed by atoms with Gasteiger partial charge in [0, 0.05) is 24.9 Å². The van der Waals surface area contributed by atoms with Crippen molar-refractivity contribution in [3.8, 4) is 0 Å². The molecule has 3 rings (SSSR count). The van der Waals surface area contributed by atoms with Crippen molar-refractivity contribution in [2.75, 3.05) is 25.5 Å². The van der Waals surface area contributed by atoms with Gasteiger partial charge in [0.15, 0.2) is 0 Å². The Morgan fingerprint density at radius 2 is 1.68 bits per heavy atom. The maximum absolute atomic E-state index is 12.3. The smallest absolute Gasteiger partial charge is 0.411 e. The second-order valence-corrected chi connectivity index (χ2v) is 8.52. The molecule has 3 aromatic carbocycles. The fourth-order valence-electron chi connectivity index (χ4n) is 3.77. The zero-order valence-electron chi connectivity index (χ0n) is 20.9. The van der Waals surface area contributed by atoms with Crippen molar-refractivity contribution >= 4 is 34.4 Å². The Hall–Kier alpha value is -3.95. The Balaban J connectivity index is 1.34. The lowest BCUT2D eigenvalue weighted by molar-refractivity contribution is -0.167. The highest BCUT2D eigenvalue weighted by atomic mass is 16.5. The van der Waals surface area contributed by atoms with Crippen molar-refractivity contribution in [1.82, 2.24) is 10.4 Å². The van der Waals surface area contributed by atoms with E-state index in [1.54, 1.807) is 0 Å². The van der Waals surface area contributed by atoms with Crippen molar-refractivity contribution in [2.24, 2.45) is 0 Å². The molecule has 0 aliphatic rings. The van der Waals surface area contributed by atoms with E-state index in [2.05, 4.69) is 15.4 Å². The van der Waals surface area contributed by atoms with Crippen LogP contribution in [0.3, 0.4) is 0 Å². The van der Waals surface area contributed by atoms with Gasteiger partial charge in [-0.2, -0.15) is 0 Å². The highest BCUT2D eigenvalue weighted by Crippen LogP contribution is 2.23. The van der Waals surface area contributed by atoms with Gasteiger partial charge >= 0.3 is 12.1 Å². The fourth-order valence-corrected chi connectivity index (χ4v) is 3.77. The number of ether oxygens (including phenoxy) is 2. The number of hydrogen-bond donors (Lipinski definition) is 3. The summed E-state index contributed by atoms with van der Waals surface area (Å²) in [5.74, 6) is -0.978. The molecule has 3 N–H and O–H groups in total. The molecule has 0 saturated carbocycles. The molecule has 0 aliphatic carbocycles. The summed E-state index contributed by atoms with van der Waals surface area (Å²) in [6.07, 6.45) is 0.742. The third-order valence-electron chi connectivity index (χ3n) is 5.75. The molecule has 0 aromatic heterocycles. The molecular weight excluding hydrogens is 474 g/mol. The van der Waals surface area contributed by atoms with Crippen LogP contribution in [-0.4, -0.2) is 48.4 Å². The van der Waals surface area contributed by atoms with Gasteiger partial charge in [-0.15, -0.1) is 0 Å². The predicted octanol–water partition coefficient (Wildman–Crippen LogP) is 4.63. The standard InChI is InChI=1S/C28H33N3O6/c1-36-27(33)15-14-26(32)31(35)17-5-4-16-29-19-21-8-6-9-22(18-21)20-37-28(34)30-25-13-7-11-23-10-2-3-12-24(23)25/h2-3,6-13,18,29,35H,4-5,14-17,19-20H2,1H3,(H,30,34). The average Bonchev–Trinajstić information content (AvgIpc) is 2.92. The van der Waals surface area contributed by atoms with Crippen LogP contribution in [0.15, 0.2) is 66.7 Å². The molecule has 0 aliphatic heterocycles. The summed E-state index contributed by atoms with van der Waals surface area (Å²) in [6, 6.07) is 21.3. The van der Waals surface area contributed by atoms with Crippen LogP contribution in [0.2, 0.25) is 0 Å². The largest absolute Gasteiger partial charge is 0.469 e. The van der Waals surface area contributed by atoms with Crippen LogP contribution in [0, 0.1) is 0 Å². The zero-order valence-corrected chi connectivity index (χ0v) is 20.9. The summed E-state index contributed by atoms with van der Waals surface area (Å²) in [5, 5.41) is 18.5. The molecule has 0 unspecified atom stereocenters. The first-order chi connectivity index (χ1) is 18.0. The third-order valence-corrected chi connectivity index (χ3v) is 5.75. The number of nitrogens with zero attached hydrogens (tertiary/aromatic N) is 1. The van der Waals surface area contributed by atoms with Crippen molar-refractivity contribution in [3.05, 3.63) is 77.9 Å². The highest BCUT2D eigenvalue weighted by molar-refractivity contribution is 6.00. The Labute approximate surface area is 216 Å². The molecule has 3 aromatic rings. The van der Waals surface area contributed by atoms with E-state index >= 15 is 0 Å². The Morgan fingerprint density at radius 1 is 0.919 bits per heavy atom. The number of methoxy groups -OCH3 is 1. The number of fused-ring (bicyclic) bond motifs is 1. The Bertz CT molecular complexity index is 1190. The van der Waals surface area contributed by atoms with Crippen LogP contribution >= 0.6 is 0 Å². The maximum Gasteiger partial charge on any atom is 0.411 e. The number of unbranched alkanes of at least 4 members (excludes halogenated alkanes) is 1. The maximum atomic E-state index is 12.3. The summed E-state index contributed by atoms with van der Waals surface area (Å²) in [5.41, 5.74) is 2.64. The Morgan fingerprint density at radius 3 is 2.51 bits per heavy atom. The fraction of sp³-hybridized carbons (Fsp3) is 0.321. The van der Waals surface area contributed by atoms with Gasteiger partial charge < -0.3 is 14.8 Å². The summed E-state index contributed by atoms with van der Waals surface area (Å²) in [7, 11) is 1.26. The van der Waals surface area contributed by atoms with Crippen molar-refractivity contribution < 1.29 is 29.1 Å². The predicted molar refractivity (Wildman–Crippen MR) is 140 cm³/mol. The number of rotatable bonds is 13. The molecule has 0 atom stereocenters. The first-order valence-corrected chi connectivity index (χ1v) is 12.2. The number of carbonyl (C=O) groups excluding carboxylic acids is 3. The van der Waals surface area contributed by atoms with E-state index in [-0.39, 0.29) is 26.0 Å². The van der Waals surface area contributed by atoms with Gasteiger partial charge in [0.25, 0.3) is 0 Å². The molecule has 0 heterocycles. The van der Waals surface area contributed by atoms with Gasteiger partial charge in [0.1, 0.15) is 6.61 Å². The Kier molecular flexibility index (Phi) is 10.9. The minimum atomic E-state index is -0.512. The lowest BCUT2D eigenvalue weighted by Gasteiger charge is -2.14. The lowest BCUT2D eigenvalue weighted by Crippen LogP contribution is -2.29. The second-order valence-electron chi connectivity index (χ2n) is 8.52. The molecule has 0 bridgehead atoms. The van der Waals surface area contributed by atoms with Crippen LogP contribution in [0.1, 0.15) is 36.8 Å². The minimum Gasteiger partial charge on any atom is -0.469 e. The van der Waals surface area contributed by atoms with Gasteiger partial charge in [-0.05, 0) is 42.0 Å². The number of hydrogen-bond acceptors (Lipinski definition) is 7. The summed E-state index contributed by atoms with van der Waals surface area (Å²) in [6.45, 7) is 1.70. The number of nitrogens with one attached hydrogen (secondary N) is 2. The van der Waals surface area contributed by atoms with Crippen LogP contribution in [0.4, 0.5) is 10.5 Å². The molecule has 0 fully saturated rings. The second kappa shape index (κ2) is 14.6. The summed E-state index contributed by atoms with van der Waals surface area (Å²) >= 11 is 0. The van der Waals surface area contributed by atoms with E-state index in [1.807, 2.05) is 66.7 Å². The number of carbonyl (C=O) groups is 3. The quantitative estimate of drug-likeness (QED) is 0.134. The van der Waals surface area contributed by atoms with E-state index in [0.29, 0.717) is 30.3 Å². The molecule has 0 spiro atoms. The van der Waals surface area contributed by atoms with Gasteiger partial charge in [0.2, 0.25) is 5.91 Å². The van der Waals surface area contributed by atoms with E-state index in [9.17, 15) is 19.6 Å². The third kappa shape index (κ3) is 9.21. The van der Waals surface area contributed by atoms with Gasteiger partial charge in [-0.25, -0.2) is 9.86 Å². The van der Waals surface area contributed by atoms with Gasteiger partial charge in [0.05, 0.1) is 19.2 Å². The first kappa shape index (κ1) is 27.6. The van der Waals surface area contributed by atoms with E-state index in [0.717, 1.165) is 28.3 Å². The average molecular weight is 508 g/mol. The molecule has 196 valence electrons. The summed E-state index contributed by atoms with van der Waals surface area (Å²) < 4.78 is 9.90. The summed E-state index contributed by atoms with van der Waals surface area (Å²) in [4.78, 5) is 35.2. The molecule has 0 radical (unpaired) electrons. The van der Waals surface area contributed by atoms with E-state index in [1.165, 1.54) is 7.11 Å². The highest BCUT2D eigenvalue weighted by Gasteiger charge is 2.13. The molecule has 0 saturated heterocycles. The first-order valence-electron chi connectivity index (χ1n) is 12.2. The minimum absolute atomic E-state index is 0.0487.